The van der Waals surface area contributed by atoms with E-state index in [0.717, 1.165) is 11.5 Å². The van der Waals surface area contributed by atoms with Gasteiger partial charge in [0, 0.05) is 23.2 Å². The molecule has 1 aliphatic carbocycles. The molecule has 0 unspecified atom stereocenters. The number of halogens is 1. The summed E-state index contributed by atoms with van der Waals surface area (Å²) in [5, 5.41) is 14.0. The second-order valence-electron chi connectivity index (χ2n) is 5.34. The predicted octanol–water partition coefficient (Wildman–Crippen LogP) is 4.10. The number of nitrogens with one attached hydrogen (secondary N) is 1. The van der Waals surface area contributed by atoms with Crippen molar-refractivity contribution in [2.75, 3.05) is 0 Å². The zero-order chi connectivity index (χ0) is 13.0. The highest BCUT2D eigenvalue weighted by atomic mass is 35.5. The van der Waals surface area contributed by atoms with Crippen molar-refractivity contribution in [2.24, 2.45) is 5.92 Å². The Balaban J connectivity index is 1.88. The zero-order valence-electron chi connectivity index (χ0n) is 11.0. The highest BCUT2D eigenvalue weighted by Gasteiger charge is 2.19. The highest BCUT2D eigenvalue weighted by molar-refractivity contribution is 6.30. The Kier molecular flexibility index (Phi) is 4.90. The maximum absolute atomic E-state index is 9.76. The van der Waals surface area contributed by atoms with Crippen molar-refractivity contribution in [3.05, 3.63) is 28.8 Å². The monoisotopic (exact) mass is 267 g/mol. The molecule has 2 N–H and O–H groups in total. The van der Waals surface area contributed by atoms with Crippen LogP contribution in [0.5, 0.6) is 5.75 Å². The number of hydrogen-bond donors (Lipinski definition) is 2. The maximum atomic E-state index is 9.76. The van der Waals surface area contributed by atoms with Crippen molar-refractivity contribution in [3.8, 4) is 5.75 Å². The number of rotatable bonds is 4. The molecule has 1 atom stereocenters. The number of phenols is 1. The van der Waals surface area contributed by atoms with E-state index in [1.54, 1.807) is 12.1 Å². The average molecular weight is 268 g/mol. The minimum atomic E-state index is 0.322. The summed E-state index contributed by atoms with van der Waals surface area (Å²) in [6, 6.07) is 5.70. The van der Waals surface area contributed by atoms with Gasteiger partial charge in [0.05, 0.1) is 0 Å². The van der Waals surface area contributed by atoms with E-state index in [2.05, 4.69) is 12.2 Å². The summed E-state index contributed by atoms with van der Waals surface area (Å²) in [5.74, 6) is 1.10. The summed E-state index contributed by atoms with van der Waals surface area (Å²) >= 11 is 5.94. The summed E-state index contributed by atoms with van der Waals surface area (Å²) < 4.78 is 0. The van der Waals surface area contributed by atoms with E-state index < -0.39 is 0 Å². The van der Waals surface area contributed by atoms with E-state index in [-0.39, 0.29) is 0 Å². The third-order valence-electron chi connectivity index (χ3n) is 4.01. The van der Waals surface area contributed by atoms with Crippen LogP contribution in [0.25, 0.3) is 0 Å². The van der Waals surface area contributed by atoms with Crippen LogP contribution in [0.1, 0.15) is 44.6 Å². The van der Waals surface area contributed by atoms with Gasteiger partial charge in [-0.1, -0.05) is 30.9 Å². The first-order valence-corrected chi connectivity index (χ1v) is 7.25. The SMILES string of the molecule is C[C@H](NCc1cc(Cl)ccc1O)C1CCCCC1. The second kappa shape index (κ2) is 6.44. The van der Waals surface area contributed by atoms with E-state index in [0.29, 0.717) is 23.4 Å². The molecular weight excluding hydrogens is 246 g/mol. The first-order chi connectivity index (χ1) is 8.66. The smallest absolute Gasteiger partial charge is 0.120 e. The second-order valence-corrected chi connectivity index (χ2v) is 5.78. The molecule has 1 aromatic carbocycles. The van der Waals surface area contributed by atoms with Crippen LogP contribution in [-0.4, -0.2) is 11.1 Å². The highest BCUT2D eigenvalue weighted by Crippen LogP contribution is 2.27. The van der Waals surface area contributed by atoms with Crippen molar-refractivity contribution >= 4 is 11.6 Å². The molecule has 2 rings (SSSR count). The largest absolute Gasteiger partial charge is 0.508 e. The van der Waals surface area contributed by atoms with E-state index in [1.807, 2.05) is 6.07 Å². The summed E-state index contributed by atoms with van der Waals surface area (Å²) in [6.45, 7) is 2.93. The van der Waals surface area contributed by atoms with Gasteiger partial charge in [-0.3, -0.25) is 0 Å². The quantitative estimate of drug-likeness (QED) is 0.861. The molecule has 1 fully saturated rings. The summed E-state index contributed by atoms with van der Waals surface area (Å²) in [6.07, 6.45) is 6.77. The third kappa shape index (κ3) is 3.63. The summed E-state index contributed by atoms with van der Waals surface area (Å²) in [7, 11) is 0. The molecule has 0 heterocycles. The van der Waals surface area contributed by atoms with Gasteiger partial charge in [-0.25, -0.2) is 0 Å². The van der Waals surface area contributed by atoms with Crippen molar-refractivity contribution in [2.45, 2.75) is 51.6 Å². The van der Waals surface area contributed by atoms with Crippen LogP contribution < -0.4 is 5.32 Å². The Morgan fingerprint density at radius 2 is 2.06 bits per heavy atom. The van der Waals surface area contributed by atoms with Crippen molar-refractivity contribution < 1.29 is 5.11 Å². The van der Waals surface area contributed by atoms with Crippen molar-refractivity contribution in [3.63, 3.8) is 0 Å². The average Bonchev–Trinajstić information content (AvgIpc) is 2.40. The molecule has 1 saturated carbocycles. The van der Waals surface area contributed by atoms with Crippen LogP contribution in [0.15, 0.2) is 18.2 Å². The molecule has 2 nitrogen and oxygen atoms in total. The molecule has 0 aliphatic heterocycles. The molecule has 0 spiro atoms. The molecule has 18 heavy (non-hydrogen) atoms. The lowest BCUT2D eigenvalue weighted by molar-refractivity contribution is 0.280. The topological polar surface area (TPSA) is 32.3 Å². The first-order valence-electron chi connectivity index (χ1n) is 6.87. The molecular formula is C15H22ClNO. The zero-order valence-corrected chi connectivity index (χ0v) is 11.7. The van der Waals surface area contributed by atoms with Crippen LogP contribution in [-0.2, 0) is 6.54 Å². The minimum absolute atomic E-state index is 0.322. The molecule has 0 bridgehead atoms. The molecule has 0 radical (unpaired) electrons. The Hall–Kier alpha value is -0.730. The fourth-order valence-electron chi connectivity index (χ4n) is 2.77. The Morgan fingerprint density at radius 3 is 2.78 bits per heavy atom. The molecule has 0 saturated heterocycles. The van der Waals surface area contributed by atoms with Gasteiger partial charge in [-0.05, 0) is 43.9 Å². The van der Waals surface area contributed by atoms with Gasteiger partial charge in [-0.15, -0.1) is 0 Å². The minimum Gasteiger partial charge on any atom is -0.508 e. The Bertz CT molecular complexity index is 388. The van der Waals surface area contributed by atoms with Gasteiger partial charge < -0.3 is 10.4 Å². The molecule has 0 amide bonds. The number of hydrogen-bond acceptors (Lipinski definition) is 2. The van der Waals surface area contributed by atoms with E-state index in [1.165, 1.54) is 32.1 Å². The fourth-order valence-corrected chi connectivity index (χ4v) is 2.96. The standard InChI is InChI=1S/C15H22ClNO/c1-11(12-5-3-2-4-6-12)17-10-13-9-14(16)7-8-15(13)18/h7-9,11-12,17-18H,2-6,10H2,1H3/t11-/m0/s1. The first kappa shape index (κ1) is 13.7. The Morgan fingerprint density at radius 1 is 1.33 bits per heavy atom. The van der Waals surface area contributed by atoms with Gasteiger partial charge in [0.2, 0.25) is 0 Å². The van der Waals surface area contributed by atoms with Crippen molar-refractivity contribution in [1.29, 1.82) is 0 Å². The van der Waals surface area contributed by atoms with Gasteiger partial charge in [-0.2, -0.15) is 0 Å². The predicted molar refractivity (Wildman–Crippen MR) is 76.0 cm³/mol. The van der Waals surface area contributed by atoms with Crippen LogP contribution in [0.2, 0.25) is 5.02 Å². The van der Waals surface area contributed by atoms with E-state index in [9.17, 15) is 5.11 Å². The van der Waals surface area contributed by atoms with Gasteiger partial charge in [0.15, 0.2) is 0 Å². The fraction of sp³-hybridized carbons (Fsp3) is 0.600. The normalized spacial score (nSPS) is 18.8. The number of aromatic hydroxyl groups is 1. The molecule has 1 aromatic rings. The summed E-state index contributed by atoms with van der Waals surface area (Å²) in [4.78, 5) is 0. The molecule has 0 aromatic heterocycles. The van der Waals surface area contributed by atoms with Crippen LogP contribution in [0, 0.1) is 5.92 Å². The molecule has 1 aliphatic rings. The van der Waals surface area contributed by atoms with Crippen molar-refractivity contribution in [1.82, 2.24) is 5.32 Å². The number of phenolic OH excluding ortho intramolecular Hbond substituents is 1. The molecule has 100 valence electrons. The van der Waals surface area contributed by atoms with E-state index >= 15 is 0 Å². The van der Waals surface area contributed by atoms with Gasteiger partial charge >= 0.3 is 0 Å². The van der Waals surface area contributed by atoms with Gasteiger partial charge in [0.1, 0.15) is 5.75 Å². The Labute approximate surface area is 114 Å². The van der Waals surface area contributed by atoms with Crippen LogP contribution >= 0.6 is 11.6 Å². The number of benzene rings is 1. The van der Waals surface area contributed by atoms with E-state index in [4.69, 9.17) is 11.6 Å². The lowest BCUT2D eigenvalue weighted by Gasteiger charge is -2.28. The third-order valence-corrected chi connectivity index (χ3v) is 4.25. The lowest BCUT2D eigenvalue weighted by Crippen LogP contribution is -2.34. The maximum Gasteiger partial charge on any atom is 0.120 e. The lowest BCUT2D eigenvalue weighted by atomic mass is 9.84. The van der Waals surface area contributed by atoms with Gasteiger partial charge in [0.25, 0.3) is 0 Å². The van der Waals surface area contributed by atoms with Crippen LogP contribution in [0.4, 0.5) is 0 Å². The summed E-state index contributed by atoms with van der Waals surface area (Å²) in [5.41, 5.74) is 0.880. The molecule has 3 heteroatoms. The van der Waals surface area contributed by atoms with Crippen LogP contribution in [0.3, 0.4) is 0 Å².